The molecule has 0 bridgehead atoms. The molecule has 0 aliphatic heterocycles. The van der Waals surface area contributed by atoms with Crippen LogP contribution in [0.5, 0.6) is 0 Å². The number of rotatable bonds is 4. The number of amides is 1. The molecule has 1 aromatic carbocycles. The van der Waals surface area contributed by atoms with Crippen LogP contribution in [0.1, 0.15) is 21.5 Å². The standard InChI is InChI=1S/C13H14N4OS/c1-17(8-9-6-15-16-7-9)13(18)11-4-2-10(3-5-11)12(14)19/h2-7H,8H2,1H3,(H2,14,19)(H,15,16). The molecule has 0 fully saturated rings. The molecule has 98 valence electrons. The van der Waals surface area contributed by atoms with Gasteiger partial charge in [0.05, 0.1) is 6.20 Å². The summed E-state index contributed by atoms with van der Waals surface area (Å²) in [5, 5.41) is 6.56. The molecule has 0 radical (unpaired) electrons. The minimum Gasteiger partial charge on any atom is -0.389 e. The Morgan fingerprint density at radius 1 is 1.37 bits per heavy atom. The van der Waals surface area contributed by atoms with E-state index in [0.717, 1.165) is 11.1 Å². The second-order valence-corrected chi connectivity index (χ2v) is 4.65. The van der Waals surface area contributed by atoms with E-state index < -0.39 is 0 Å². The van der Waals surface area contributed by atoms with Crippen LogP contribution in [0.2, 0.25) is 0 Å². The number of carbonyl (C=O) groups excluding carboxylic acids is 1. The molecule has 1 amide bonds. The van der Waals surface area contributed by atoms with Gasteiger partial charge in [-0.2, -0.15) is 5.10 Å². The van der Waals surface area contributed by atoms with E-state index in [0.29, 0.717) is 17.1 Å². The van der Waals surface area contributed by atoms with Gasteiger partial charge >= 0.3 is 0 Å². The number of nitrogens with one attached hydrogen (secondary N) is 1. The normalized spacial score (nSPS) is 10.2. The first-order chi connectivity index (χ1) is 9.08. The van der Waals surface area contributed by atoms with Gasteiger partial charge in [-0.3, -0.25) is 9.89 Å². The zero-order valence-electron chi connectivity index (χ0n) is 10.5. The molecule has 0 spiro atoms. The first-order valence-electron chi connectivity index (χ1n) is 5.71. The maximum Gasteiger partial charge on any atom is 0.253 e. The first kappa shape index (κ1) is 13.2. The first-order valence-corrected chi connectivity index (χ1v) is 6.11. The number of hydrogen-bond donors (Lipinski definition) is 2. The lowest BCUT2D eigenvalue weighted by Gasteiger charge is -2.16. The lowest BCUT2D eigenvalue weighted by Crippen LogP contribution is -2.26. The van der Waals surface area contributed by atoms with E-state index in [2.05, 4.69) is 10.2 Å². The number of nitrogens with zero attached hydrogens (tertiary/aromatic N) is 2. The van der Waals surface area contributed by atoms with Crippen LogP contribution in [0, 0.1) is 0 Å². The summed E-state index contributed by atoms with van der Waals surface area (Å²) in [4.78, 5) is 14.1. The Labute approximate surface area is 116 Å². The van der Waals surface area contributed by atoms with Crippen LogP contribution in [-0.4, -0.2) is 33.0 Å². The maximum absolute atomic E-state index is 12.2. The minimum absolute atomic E-state index is 0.0595. The van der Waals surface area contributed by atoms with E-state index in [1.807, 2.05) is 0 Å². The van der Waals surface area contributed by atoms with E-state index in [1.54, 1.807) is 48.6 Å². The van der Waals surface area contributed by atoms with Gasteiger partial charge in [0.2, 0.25) is 0 Å². The third-order valence-electron chi connectivity index (χ3n) is 2.74. The summed E-state index contributed by atoms with van der Waals surface area (Å²) >= 11 is 4.87. The zero-order valence-corrected chi connectivity index (χ0v) is 11.3. The number of nitrogens with two attached hydrogens (primary N) is 1. The summed E-state index contributed by atoms with van der Waals surface area (Å²) in [5.41, 5.74) is 7.83. The number of aromatic nitrogens is 2. The molecular weight excluding hydrogens is 260 g/mol. The Kier molecular flexibility index (Phi) is 3.91. The number of thiocarbonyl (C=S) groups is 1. The van der Waals surface area contributed by atoms with Crippen molar-refractivity contribution in [3.63, 3.8) is 0 Å². The van der Waals surface area contributed by atoms with Crippen LogP contribution in [0.15, 0.2) is 36.7 Å². The van der Waals surface area contributed by atoms with Gasteiger partial charge in [0.15, 0.2) is 0 Å². The fourth-order valence-electron chi connectivity index (χ4n) is 1.71. The van der Waals surface area contributed by atoms with Crippen LogP contribution in [0.3, 0.4) is 0 Å². The molecule has 0 atom stereocenters. The fraction of sp³-hybridized carbons (Fsp3) is 0.154. The smallest absolute Gasteiger partial charge is 0.253 e. The highest BCUT2D eigenvalue weighted by Crippen LogP contribution is 2.09. The summed E-state index contributed by atoms with van der Waals surface area (Å²) in [6.45, 7) is 0.506. The van der Waals surface area contributed by atoms with Gasteiger partial charge in [0.25, 0.3) is 5.91 Å². The summed E-state index contributed by atoms with van der Waals surface area (Å²) in [5.74, 6) is -0.0595. The number of benzene rings is 1. The van der Waals surface area contributed by atoms with Crippen molar-refractivity contribution in [3.05, 3.63) is 53.3 Å². The van der Waals surface area contributed by atoms with Crippen molar-refractivity contribution in [1.29, 1.82) is 0 Å². The molecule has 2 rings (SSSR count). The van der Waals surface area contributed by atoms with Crippen LogP contribution >= 0.6 is 12.2 Å². The van der Waals surface area contributed by atoms with Crippen molar-refractivity contribution >= 4 is 23.1 Å². The molecule has 3 N–H and O–H groups in total. The van der Waals surface area contributed by atoms with Gasteiger partial charge in [-0.05, 0) is 12.1 Å². The molecule has 6 heteroatoms. The molecule has 0 aliphatic carbocycles. The molecule has 2 aromatic rings. The maximum atomic E-state index is 12.2. The predicted octanol–water partition coefficient (Wildman–Crippen LogP) is 1.32. The second kappa shape index (κ2) is 5.62. The van der Waals surface area contributed by atoms with Crippen molar-refractivity contribution < 1.29 is 4.79 Å². The van der Waals surface area contributed by atoms with Crippen LogP contribution in [-0.2, 0) is 6.54 Å². The second-order valence-electron chi connectivity index (χ2n) is 4.21. The average molecular weight is 274 g/mol. The lowest BCUT2D eigenvalue weighted by atomic mass is 10.1. The van der Waals surface area contributed by atoms with Gasteiger partial charge < -0.3 is 10.6 Å². The quantitative estimate of drug-likeness (QED) is 0.824. The van der Waals surface area contributed by atoms with Gasteiger partial charge in [-0.25, -0.2) is 0 Å². The molecule has 19 heavy (non-hydrogen) atoms. The van der Waals surface area contributed by atoms with Crippen molar-refractivity contribution in [2.75, 3.05) is 7.05 Å². The van der Waals surface area contributed by atoms with Gasteiger partial charge in [-0.15, -0.1) is 0 Å². The molecule has 0 saturated heterocycles. The van der Waals surface area contributed by atoms with Crippen LogP contribution in [0.25, 0.3) is 0 Å². The SMILES string of the molecule is CN(Cc1cn[nH]c1)C(=O)c1ccc(C(N)=S)cc1. The van der Waals surface area contributed by atoms with Crippen molar-refractivity contribution in [2.45, 2.75) is 6.54 Å². The van der Waals surface area contributed by atoms with Crippen molar-refractivity contribution in [1.82, 2.24) is 15.1 Å². The lowest BCUT2D eigenvalue weighted by molar-refractivity contribution is 0.0785. The highest BCUT2D eigenvalue weighted by Gasteiger charge is 2.12. The number of hydrogen-bond acceptors (Lipinski definition) is 3. The van der Waals surface area contributed by atoms with E-state index in [4.69, 9.17) is 18.0 Å². The van der Waals surface area contributed by atoms with Crippen molar-refractivity contribution in [3.8, 4) is 0 Å². The Hall–Kier alpha value is -2.21. The summed E-state index contributed by atoms with van der Waals surface area (Å²) in [7, 11) is 1.75. The summed E-state index contributed by atoms with van der Waals surface area (Å²) in [6.07, 6.45) is 3.46. The molecule has 0 saturated carbocycles. The number of H-pyrrole nitrogens is 1. The van der Waals surface area contributed by atoms with Crippen LogP contribution < -0.4 is 5.73 Å². The Morgan fingerprint density at radius 2 is 2.00 bits per heavy atom. The third kappa shape index (κ3) is 3.17. The topological polar surface area (TPSA) is 75.0 Å². The van der Waals surface area contributed by atoms with Gasteiger partial charge in [-0.1, -0.05) is 24.4 Å². The van der Waals surface area contributed by atoms with Crippen LogP contribution in [0.4, 0.5) is 0 Å². The minimum atomic E-state index is -0.0595. The molecule has 5 nitrogen and oxygen atoms in total. The number of carbonyl (C=O) groups is 1. The largest absolute Gasteiger partial charge is 0.389 e. The zero-order chi connectivity index (χ0) is 13.8. The van der Waals surface area contributed by atoms with E-state index in [-0.39, 0.29) is 5.91 Å². The molecule has 0 aliphatic rings. The van der Waals surface area contributed by atoms with E-state index in [1.165, 1.54) is 0 Å². The Morgan fingerprint density at radius 3 is 2.53 bits per heavy atom. The number of aromatic amines is 1. The monoisotopic (exact) mass is 274 g/mol. The van der Waals surface area contributed by atoms with Crippen molar-refractivity contribution in [2.24, 2.45) is 5.73 Å². The Balaban J connectivity index is 2.08. The third-order valence-corrected chi connectivity index (χ3v) is 2.97. The summed E-state index contributed by atoms with van der Waals surface area (Å²) in [6, 6.07) is 6.95. The Bertz CT molecular complexity index is 577. The highest BCUT2D eigenvalue weighted by molar-refractivity contribution is 7.80. The van der Waals surface area contributed by atoms with E-state index in [9.17, 15) is 4.79 Å². The molecular formula is C13H14N4OS. The summed E-state index contributed by atoms with van der Waals surface area (Å²) < 4.78 is 0. The molecule has 1 aromatic heterocycles. The van der Waals surface area contributed by atoms with Gasteiger partial charge in [0, 0.05) is 36.5 Å². The van der Waals surface area contributed by atoms with E-state index >= 15 is 0 Å². The average Bonchev–Trinajstić information content (AvgIpc) is 2.90. The van der Waals surface area contributed by atoms with Gasteiger partial charge in [0.1, 0.15) is 4.99 Å². The molecule has 0 unspecified atom stereocenters. The molecule has 1 heterocycles. The predicted molar refractivity (Wildman–Crippen MR) is 76.7 cm³/mol. The fourth-order valence-corrected chi connectivity index (χ4v) is 1.84. The highest BCUT2D eigenvalue weighted by atomic mass is 32.1.